The molecule has 158 valence electrons. The van der Waals surface area contributed by atoms with Crippen molar-refractivity contribution in [3.8, 4) is 0 Å². The first-order chi connectivity index (χ1) is 14.0. The van der Waals surface area contributed by atoms with E-state index in [0.717, 1.165) is 6.42 Å². The Balaban J connectivity index is 1.93. The number of hydrogen-bond donors (Lipinski definition) is 0. The van der Waals surface area contributed by atoms with E-state index in [1.54, 1.807) is 0 Å². The smallest absolute Gasteiger partial charge is 0.219 e. The van der Waals surface area contributed by atoms with Crippen LogP contribution in [0.3, 0.4) is 0 Å². The van der Waals surface area contributed by atoms with Crippen molar-refractivity contribution < 1.29 is 4.43 Å². The van der Waals surface area contributed by atoms with E-state index in [9.17, 15) is 0 Å². The molecule has 2 heteroatoms. The summed E-state index contributed by atoms with van der Waals surface area (Å²) in [6.07, 6.45) is 11.8. The van der Waals surface area contributed by atoms with Crippen LogP contribution in [0.4, 0.5) is 0 Å². The maximum Gasteiger partial charge on any atom is 0.219 e. The van der Waals surface area contributed by atoms with Crippen molar-refractivity contribution in [3.63, 3.8) is 0 Å². The van der Waals surface area contributed by atoms with E-state index in [4.69, 9.17) is 4.43 Å². The van der Waals surface area contributed by atoms with Gasteiger partial charge in [0.15, 0.2) is 0 Å². The lowest BCUT2D eigenvalue weighted by atomic mass is 9.97. The van der Waals surface area contributed by atoms with Crippen LogP contribution in [0.1, 0.15) is 76.4 Å². The first-order valence-corrected chi connectivity index (χ1v) is 14.4. The number of unbranched alkanes of at least 4 members (excludes halogenated alkanes) is 7. The van der Waals surface area contributed by atoms with Gasteiger partial charge >= 0.3 is 0 Å². The van der Waals surface area contributed by atoms with Crippen LogP contribution < -0.4 is 5.19 Å². The van der Waals surface area contributed by atoms with Crippen molar-refractivity contribution >= 4 is 13.5 Å². The second-order valence-electron chi connectivity index (χ2n) is 8.67. The van der Waals surface area contributed by atoms with Crippen molar-refractivity contribution in [3.05, 3.63) is 78.4 Å². The Labute approximate surface area is 180 Å². The zero-order valence-corrected chi connectivity index (χ0v) is 19.8. The lowest BCUT2D eigenvalue weighted by Crippen LogP contribution is -2.45. The molecule has 2 aromatic rings. The van der Waals surface area contributed by atoms with Crippen LogP contribution in [0, 0.1) is 0 Å². The minimum atomic E-state index is -2.02. The summed E-state index contributed by atoms with van der Waals surface area (Å²) in [4.78, 5) is 0. The van der Waals surface area contributed by atoms with Crippen LogP contribution in [-0.4, -0.2) is 8.32 Å². The lowest BCUT2D eigenvalue weighted by Gasteiger charge is -2.31. The first kappa shape index (κ1) is 23.6. The van der Waals surface area contributed by atoms with Gasteiger partial charge in [0.25, 0.3) is 0 Å². The van der Waals surface area contributed by atoms with Crippen molar-refractivity contribution in [2.24, 2.45) is 0 Å². The monoisotopic (exact) mass is 408 g/mol. The van der Waals surface area contributed by atoms with Gasteiger partial charge in [-0.1, -0.05) is 119 Å². The highest BCUT2D eigenvalue weighted by atomic mass is 28.4. The third-order valence-corrected chi connectivity index (χ3v) is 8.25. The average molecular weight is 409 g/mol. The van der Waals surface area contributed by atoms with Gasteiger partial charge in [-0.25, -0.2) is 0 Å². The van der Waals surface area contributed by atoms with Gasteiger partial charge in [0.1, 0.15) is 0 Å². The predicted molar refractivity (Wildman–Crippen MR) is 130 cm³/mol. The van der Waals surface area contributed by atoms with E-state index in [1.165, 1.54) is 67.7 Å². The summed E-state index contributed by atoms with van der Waals surface area (Å²) in [7, 11) is -2.02. The van der Waals surface area contributed by atoms with Gasteiger partial charge in [0.05, 0.1) is 6.10 Å². The van der Waals surface area contributed by atoms with Crippen molar-refractivity contribution in [1.82, 2.24) is 0 Å². The molecule has 0 aromatic heterocycles. The summed E-state index contributed by atoms with van der Waals surface area (Å²) in [5, 5.41) is 1.33. The molecule has 1 unspecified atom stereocenters. The fourth-order valence-electron chi connectivity index (χ4n) is 3.83. The molecule has 2 aromatic carbocycles. The largest absolute Gasteiger partial charge is 0.402 e. The normalized spacial score (nSPS) is 12.7. The third-order valence-electron chi connectivity index (χ3n) is 5.71. The summed E-state index contributed by atoms with van der Waals surface area (Å²) in [5.41, 5.74) is 2.45. The van der Waals surface area contributed by atoms with Crippen molar-refractivity contribution in [2.75, 3.05) is 0 Å². The van der Waals surface area contributed by atoms with E-state index in [1.807, 2.05) is 0 Å². The van der Waals surface area contributed by atoms with Gasteiger partial charge in [-0.05, 0) is 42.3 Å². The zero-order chi connectivity index (χ0) is 21.0. The summed E-state index contributed by atoms with van der Waals surface area (Å²) < 4.78 is 6.83. The lowest BCUT2D eigenvalue weighted by molar-refractivity contribution is 0.233. The molecule has 0 N–H and O–H groups in total. The number of benzene rings is 2. The summed E-state index contributed by atoms with van der Waals surface area (Å²) in [6, 6.07) is 21.3. The van der Waals surface area contributed by atoms with Gasteiger partial charge in [-0.3, -0.25) is 0 Å². The van der Waals surface area contributed by atoms with Gasteiger partial charge in [-0.15, -0.1) is 0 Å². The number of rotatable bonds is 14. The Bertz CT molecular complexity index is 693. The summed E-state index contributed by atoms with van der Waals surface area (Å²) in [6.45, 7) is 11.3. The zero-order valence-electron chi connectivity index (χ0n) is 18.8. The number of hydrogen-bond acceptors (Lipinski definition) is 1. The molecule has 29 heavy (non-hydrogen) atoms. The van der Waals surface area contributed by atoms with E-state index in [2.05, 4.69) is 87.3 Å². The molecule has 1 nitrogen and oxygen atoms in total. The van der Waals surface area contributed by atoms with Gasteiger partial charge < -0.3 is 4.43 Å². The first-order valence-electron chi connectivity index (χ1n) is 11.5. The third kappa shape index (κ3) is 8.32. The van der Waals surface area contributed by atoms with Gasteiger partial charge in [-0.2, -0.15) is 0 Å². The fourth-order valence-corrected chi connectivity index (χ4v) is 5.86. The van der Waals surface area contributed by atoms with E-state index in [-0.39, 0.29) is 6.10 Å². The highest BCUT2D eigenvalue weighted by Crippen LogP contribution is 2.31. The van der Waals surface area contributed by atoms with Crippen LogP contribution in [0.15, 0.2) is 72.8 Å². The molecular formula is C27H40OSi. The molecule has 0 saturated heterocycles. The van der Waals surface area contributed by atoms with Crippen LogP contribution in [0.5, 0.6) is 0 Å². The molecule has 2 rings (SSSR count). The van der Waals surface area contributed by atoms with Crippen LogP contribution in [0.25, 0.3) is 0 Å². The standard InChI is InChI=1S/C27H40OSi/c1-5-6-7-8-9-10-11-14-19-24(2)27(25-20-15-12-16-21-25)28-29(3,4)26-22-17-13-18-23-26/h12-13,15-18,20-23,27H,2,5-11,14,19H2,1,3-4H3. The topological polar surface area (TPSA) is 9.23 Å². The molecule has 0 spiro atoms. The van der Waals surface area contributed by atoms with E-state index >= 15 is 0 Å². The molecule has 0 aliphatic heterocycles. The van der Waals surface area contributed by atoms with Crippen molar-refractivity contribution in [2.45, 2.75) is 83.9 Å². The van der Waals surface area contributed by atoms with Crippen LogP contribution in [0.2, 0.25) is 13.1 Å². The summed E-state index contributed by atoms with van der Waals surface area (Å²) >= 11 is 0. The Morgan fingerprint density at radius 1 is 0.793 bits per heavy atom. The highest BCUT2D eigenvalue weighted by Gasteiger charge is 2.30. The van der Waals surface area contributed by atoms with Gasteiger partial charge in [0.2, 0.25) is 8.32 Å². The minimum absolute atomic E-state index is 0.0115. The molecule has 0 radical (unpaired) electrons. The Morgan fingerprint density at radius 2 is 1.31 bits per heavy atom. The molecule has 0 aliphatic carbocycles. The maximum atomic E-state index is 6.83. The summed E-state index contributed by atoms with van der Waals surface area (Å²) in [5.74, 6) is 0. The fraction of sp³-hybridized carbons (Fsp3) is 0.481. The Morgan fingerprint density at radius 3 is 1.90 bits per heavy atom. The molecule has 0 fully saturated rings. The second-order valence-corrected chi connectivity index (χ2v) is 12.5. The molecule has 0 heterocycles. The van der Waals surface area contributed by atoms with E-state index < -0.39 is 8.32 Å². The SMILES string of the molecule is C=C(CCCCCCCCCC)C(O[Si](C)(C)c1ccccc1)c1ccccc1. The Hall–Kier alpha value is -1.64. The Kier molecular flexibility index (Phi) is 10.4. The molecular weight excluding hydrogens is 368 g/mol. The molecule has 0 bridgehead atoms. The molecule has 0 aliphatic rings. The minimum Gasteiger partial charge on any atom is -0.402 e. The average Bonchev–Trinajstić information content (AvgIpc) is 2.75. The predicted octanol–water partition coefficient (Wildman–Crippen LogP) is 7.94. The van der Waals surface area contributed by atoms with Crippen molar-refractivity contribution in [1.29, 1.82) is 0 Å². The highest BCUT2D eigenvalue weighted by molar-refractivity contribution is 6.84. The van der Waals surface area contributed by atoms with Crippen LogP contribution in [-0.2, 0) is 4.43 Å². The quantitative estimate of drug-likeness (QED) is 0.175. The molecule has 0 saturated carbocycles. The second kappa shape index (κ2) is 12.8. The molecule has 0 amide bonds. The maximum absolute atomic E-state index is 6.83. The van der Waals surface area contributed by atoms with E-state index in [0.29, 0.717) is 0 Å². The van der Waals surface area contributed by atoms with Crippen LogP contribution >= 0.6 is 0 Å². The molecule has 1 atom stereocenters. The van der Waals surface area contributed by atoms with Gasteiger partial charge in [0, 0.05) is 0 Å².